The Morgan fingerprint density at radius 3 is 2.41 bits per heavy atom. The van der Waals surface area contributed by atoms with E-state index in [2.05, 4.69) is 11.1 Å². The highest BCUT2D eigenvalue weighted by atomic mass is 16.5. The number of rotatable bonds is 2. The van der Waals surface area contributed by atoms with Gasteiger partial charge < -0.3 is 15.5 Å². The van der Waals surface area contributed by atoms with Crippen molar-refractivity contribution in [1.29, 1.82) is 5.26 Å². The zero-order chi connectivity index (χ0) is 12.4. The third kappa shape index (κ3) is 1.83. The predicted molar refractivity (Wildman–Crippen MR) is 66.6 cm³/mol. The van der Waals surface area contributed by atoms with Gasteiger partial charge in [-0.05, 0) is 42.3 Å². The van der Waals surface area contributed by atoms with Gasteiger partial charge in [0.1, 0.15) is 17.6 Å². The average molecular weight is 227 g/mol. The molecule has 0 fully saturated rings. The number of anilines is 1. The number of aromatic nitrogens is 1. The summed E-state index contributed by atoms with van der Waals surface area (Å²) in [5, 5.41) is 8.97. The molecule has 17 heavy (non-hydrogen) atoms. The van der Waals surface area contributed by atoms with E-state index in [-0.39, 0.29) is 0 Å². The summed E-state index contributed by atoms with van der Waals surface area (Å²) in [4.78, 5) is 3.03. The van der Waals surface area contributed by atoms with E-state index in [1.807, 2.05) is 31.2 Å². The molecule has 0 radical (unpaired) electrons. The molecule has 2 rings (SSSR count). The van der Waals surface area contributed by atoms with Gasteiger partial charge in [0.25, 0.3) is 0 Å². The number of aromatic amines is 1. The van der Waals surface area contributed by atoms with Crippen LogP contribution in [0.15, 0.2) is 24.3 Å². The van der Waals surface area contributed by atoms with Crippen molar-refractivity contribution in [2.75, 3.05) is 12.8 Å². The van der Waals surface area contributed by atoms with Crippen LogP contribution in [0.2, 0.25) is 0 Å². The van der Waals surface area contributed by atoms with Gasteiger partial charge in [0, 0.05) is 0 Å². The Balaban J connectivity index is 2.50. The van der Waals surface area contributed by atoms with Crippen molar-refractivity contribution in [3.63, 3.8) is 0 Å². The molecule has 0 aliphatic carbocycles. The van der Waals surface area contributed by atoms with E-state index >= 15 is 0 Å². The monoisotopic (exact) mass is 227 g/mol. The fourth-order valence-electron chi connectivity index (χ4n) is 1.81. The zero-order valence-electron chi connectivity index (χ0n) is 9.74. The van der Waals surface area contributed by atoms with Crippen molar-refractivity contribution in [2.24, 2.45) is 0 Å². The maximum absolute atomic E-state index is 8.97. The molecule has 4 heteroatoms. The quantitative estimate of drug-likeness (QED) is 0.827. The highest BCUT2D eigenvalue weighted by Gasteiger charge is 2.12. The van der Waals surface area contributed by atoms with Gasteiger partial charge in [-0.15, -0.1) is 0 Å². The first-order chi connectivity index (χ1) is 8.17. The molecule has 0 aliphatic rings. The number of ether oxygens (including phenoxy) is 1. The molecular formula is C13H13N3O. The number of hydrogen-bond acceptors (Lipinski definition) is 3. The van der Waals surface area contributed by atoms with Crippen molar-refractivity contribution in [2.45, 2.75) is 6.92 Å². The maximum Gasteiger partial charge on any atom is 0.119 e. The summed E-state index contributed by atoms with van der Waals surface area (Å²) in [5.74, 6) is 1.21. The Hall–Kier alpha value is -2.41. The van der Waals surface area contributed by atoms with Crippen molar-refractivity contribution in [3.8, 4) is 23.1 Å². The summed E-state index contributed by atoms with van der Waals surface area (Å²) >= 11 is 0. The molecule has 3 N–H and O–H groups in total. The van der Waals surface area contributed by atoms with Gasteiger partial charge in [0.2, 0.25) is 0 Å². The molecule has 0 spiro atoms. The van der Waals surface area contributed by atoms with E-state index in [4.69, 9.17) is 15.7 Å². The molecule has 0 amide bonds. The largest absolute Gasteiger partial charge is 0.497 e. The molecular weight excluding hydrogens is 214 g/mol. The molecule has 1 aromatic carbocycles. The molecule has 0 unspecified atom stereocenters. The van der Waals surface area contributed by atoms with E-state index in [1.54, 1.807) is 7.11 Å². The number of nitrogens with one attached hydrogen (secondary N) is 1. The molecule has 2 aromatic rings. The normalized spacial score (nSPS) is 9.94. The molecule has 1 aromatic heterocycles. The van der Waals surface area contributed by atoms with Gasteiger partial charge in [-0.2, -0.15) is 5.26 Å². The molecule has 0 atom stereocenters. The molecule has 1 heterocycles. The van der Waals surface area contributed by atoms with Gasteiger partial charge in [0.15, 0.2) is 0 Å². The number of nitrogen functional groups attached to an aromatic ring is 1. The summed E-state index contributed by atoms with van der Waals surface area (Å²) < 4.78 is 5.10. The lowest BCUT2D eigenvalue weighted by Gasteiger charge is -2.02. The summed E-state index contributed by atoms with van der Waals surface area (Å²) in [6.07, 6.45) is 0. The second-order valence-corrected chi connectivity index (χ2v) is 3.75. The van der Waals surface area contributed by atoms with Gasteiger partial charge in [-0.3, -0.25) is 0 Å². The first-order valence-corrected chi connectivity index (χ1v) is 5.20. The number of hydrogen-bond donors (Lipinski definition) is 2. The number of methoxy groups -OCH3 is 1. The Labute approximate surface area is 99.6 Å². The molecule has 4 nitrogen and oxygen atoms in total. The van der Waals surface area contributed by atoms with Gasteiger partial charge >= 0.3 is 0 Å². The minimum absolute atomic E-state index is 0.413. The van der Waals surface area contributed by atoms with Crippen molar-refractivity contribution in [3.05, 3.63) is 35.4 Å². The molecule has 0 aliphatic heterocycles. The first-order valence-electron chi connectivity index (χ1n) is 5.20. The van der Waals surface area contributed by atoms with Crippen LogP contribution in [0.25, 0.3) is 11.3 Å². The van der Waals surface area contributed by atoms with E-state index in [9.17, 15) is 0 Å². The zero-order valence-corrected chi connectivity index (χ0v) is 9.74. The maximum atomic E-state index is 8.97. The molecule has 86 valence electrons. The van der Waals surface area contributed by atoms with Crippen LogP contribution in [-0.4, -0.2) is 12.1 Å². The fraction of sp³-hybridized carbons (Fsp3) is 0.154. The van der Waals surface area contributed by atoms with Crippen LogP contribution in [0.5, 0.6) is 5.75 Å². The minimum Gasteiger partial charge on any atom is -0.497 e. The van der Waals surface area contributed by atoms with E-state index in [0.717, 1.165) is 22.6 Å². The Kier molecular flexibility index (Phi) is 2.75. The summed E-state index contributed by atoms with van der Waals surface area (Å²) in [6, 6.07) is 9.70. The molecule has 0 saturated heterocycles. The summed E-state index contributed by atoms with van der Waals surface area (Å²) in [6.45, 7) is 1.88. The topological polar surface area (TPSA) is 74.8 Å². The number of nitriles is 1. The van der Waals surface area contributed by atoms with Crippen LogP contribution in [0.4, 0.5) is 5.82 Å². The smallest absolute Gasteiger partial charge is 0.119 e. The third-order valence-electron chi connectivity index (χ3n) is 2.77. The highest BCUT2D eigenvalue weighted by Crippen LogP contribution is 2.29. The van der Waals surface area contributed by atoms with Gasteiger partial charge in [-0.25, -0.2) is 0 Å². The Bertz CT molecular complexity index is 576. The lowest BCUT2D eigenvalue weighted by Crippen LogP contribution is -1.87. The fourth-order valence-corrected chi connectivity index (χ4v) is 1.81. The number of nitrogens with zero attached hydrogens (tertiary/aromatic N) is 1. The second-order valence-electron chi connectivity index (χ2n) is 3.75. The average Bonchev–Trinajstić information content (AvgIpc) is 2.64. The van der Waals surface area contributed by atoms with Crippen molar-refractivity contribution in [1.82, 2.24) is 4.98 Å². The second kappa shape index (κ2) is 4.22. The number of H-pyrrole nitrogens is 1. The summed E-state index contributed by atoms with van der Waals surface area (Å²) in [7, 11) is 1.63. The Morgan fingerprint density at radius 1 is 1.29 bits per heavy atom. The van der Waals surface area contributed by atoms with E-state index < -0.39 is 0 Å². The lowest BCUT2D eigenvalue weighted by atomic mass is 10.1. The number of benzene rings is 1. The third-order valence-corrected chi connectivity index (χ3v) is 2.77. The lowest BCUT2D eigenvalue weighted by molar-refractivity contribution is 0.415. The predicted octanol–water partition coefficient (Wildman–Crippen LogP) is 2.45. The highest BCUT2D eigenvalue weighted by molar-refractivity contribution is 5.72. The van der Waals surface area contributed by atoms with Crippen LogP contribution in [-0.2, 0) is 0 Å². The standard InChI is InChI=1S/C13H13N3O/c1-8-11(7-14)13(15)16-12(8)9-3-5-10(17-2)6-4-9/h3-6,16H,15H2,1-2H3. The minimum atomic E-state index is 0.413. The van der Waals surface area contributed by atoms with E-state index in [0.29, 0.717) is 11.4 Å². The van der Waals surface area contributed by atoms with Crippen molar-refractivity contribution < 1.29 is 4.74 Å². The van der Waals surface area contributed by atoms with Crippen LogP contribution in [0, 0.1) is 18.3 Å². The Morgan fingerprint density at radius 2 is 1.94 bits per heavy atom. The van der Waals surface area contributed by atoms with Gasteiger partial charge in [0.05, 0.1) is 18.4 Å². The molecule has 0 bridgehead atoms. The van der Waals surface area contributed by atoms with Crippen LogP contribution < -0.4 is 10.5 Å². The van der Waals surface area contributed by atoms with Crippen LogP contribution >= 0.6 is 0 Å². The van der Waals surface area contributed by atoms with Crippen LogP contribution in [0.3, 0.4) is 0 Å². The summed E-state index contributed by atoms with van der Waals surface area (Å²) in [5.41, 5.74) is 8.98. The first kappa shape index (κ1) is 11.1. The SMILES string of the molecule is COc1ccc(-c2[nH]c(N)c(C#N)c2C)cc1. The van der Waals surface area contributed by atoms with Crippen molar-refractivity contribution >= 4 is 5.82 Å². The van der Waals surface area contributed by atoms with Crippen LogP contribution in [0.1, 0.15) is 11.1 Å². The number of nitrogens with two attached hydrogens (primary N) is 1. The van der Waals surface area contributed by atoms with E-state index in [1.165, 1.54) is 0 Å². The van der Waals surface area contributed by atoms with Gasteiger partial charge in [-0.1, -0.05) is 0 Å². The molecule has 0 saturated carbocycles.